The second-order valence-corrected chi connectivity index (χ2v) is 7.25. The molecule has 2 aromatic rings. The monoisotopic (exact) mass is 400 g/mol. The Bertz CT molecular complexity index is 873. The van der Waals surface area contributed by atoms with Crippen molar-refractivity contribution in [2.24, 2.45) is 0 Å². The molecule has 0 saturated heterocycles. The zero-order valence-electron chi connectivity index (χ0n) is 16.5. The summed E-state index contributed by atoms with van der Waals surface area (Å²) in [6, 6.07) is 11.3. The Balaban J connectivity index is 1.92. The van der Waals surface area contributed by atoms with Crippen LogP contribution >= 0.6 is 11.8 Å². The Hall–Kier alpha value is -2.73. The quantitative estimate of drug-likeness (QED) is 0.280. The lowest BCUT2D eigenvalue weighted by molar-refractivity contribution is -0.135. The average Bonchev–Trinajstić information content (AvgIpc) is 2.69. The van der Waals surface area contributed by atoms with Gasteiger partial charge in [0.1, 0.15) is 0 Å². The number of hydrogen-bond donors (Lipinski definition) is 0. The van der Waals surface area contributed by atoms with Crippen LogP contribution in [0.4, 0.5) is 0 Å². The molecule has 0 radical (unpaired) electrons. The van der Waals surface area contributed by atoms with Crippen LogP contribution in [0.5, 0.6) is 11.5 Å². The van der Waals surface area contributed by atoms with Gasteiger partial charge in [0.05, 0.1) is 20.6 Å². The van der Waals surface area contributed by atoms with Crippen molar-refractivity contribution in [1.29, 1.82) is 0 Å². The summed E-state index contributed by atoms with van der Waals surface area (Å²) in [6.45, 7) is 4.15. The van der Waals surface area contributed by atoms with Crippen molar-refractivity contribution in [3.63, 3.8) is 0 Å². The van der Waals surface area contributed by atoms with E-state index in [0.29, 0.717) is 17.3 Å². The highest BCUT2D eigenvalue weighted by Crippen LogP contribution is 2.29. The standard InChI is InChI=1S/C22H24O5S/c1-15-5-8-18(13-16(15)2)28-12-11-22(24)27-19-9-6-17(14-20(19)25-3)7-10-21(23)26-4/h5-10,13-14H,11-12H2,1-4H3/b10-7+. The number of benzene rings is 2. The zero-order valence-corrected chi connectivity index (χ0v) is 17.3. The van der Waals surface area contributed by atoms with Crippen LogP contribution in [-0.2, 0) is 14.3 Å². The van der Waals surface area contributed by atoms with Crippen molar-refractivity contribution in [2.45, 2.75) is 25.2 Å². The van der Waals surface area contributed by atoms with Crippen LogP contribution < -0.4 is 9.47 Å². The third kappa shape index (κ3) is 6.46. The predicted octanol–water partition coefficient (Wildman–Crippen LogP) is 4.59. The minimum atomic E-state index is -0.448. The lowest BCUT2D eigenvalue weighted by Crippen LogP contribution is -2.09. The molecule has 0 bridgehead atoms. The Morgan fingerprint density at radius 3 is 2.46 bits per heavy atom. The predicted molar refractivity (Wildman–Crippen MR) is 111 cm³/mol. The number of thioether (sulfide) groups is 1. The number of carbonyl (C=O) groups is 2. The Morgan fingerprint density at radius 2 is 1.79 bits per heavy atom. The highest BCUT2D eigenvalue weighted by molar-refractivity contribution is 7.99. The van der Waals surface area contributed by atoms with E-state index in [9.17, 15) is 9.59 Å². The van der Waals surface area contributed by atoms with Gasteiger partial charge in [-0.05, 0) is 60.9 Å². The smallest absolute Gasteiger partial charge is 0.330 e. The molecule has 0 fully saturated rings. The molecular formula is C22H24O5S. The number of hydrogen-bond acceptors (Lipinski definition) is 6. The zero-order chi connectivity index (χ0) is 20.5. The summed E-state index contributed by atoms with van der Waals surface area (Å²) in [5, 5.41) is 0. The minimum absolute atomic E-state index is 0.282. The normalized spacial score (nSPS) is 10.7. The summed E-state index contributed by atoms with van der Waals surface area (Å²) >= 11 is 1.62. The molecule has 0 heterocycles. The third-order valence-electron chi connectivity index (χ3n) is 4.08. The fourth-order valence-electron chi connectivity index (χ4n) is 2.33. The highest BCUT2D eigenvalue weighted by atomic mass is 32.2. The first-order valence-corrected chi connectivity index (χ1v) is 9.76. The summed E-state index contributed by atoms with van der Waals surface area (Å²) in [7, 11) is 2.81. The van der Waals surface area contributed by atoms with Crippen LogP contribution in [0.25, 0.3) is 6.08 Å². The molecule has 0 aliphatic rings. The van der Waals surface area contributed by atoms with E-state index in [1.165, 1.54) is 31.4 Å². The van der Waals surface area contributed by atoms with Crippen LogP contribution in [0.3, 0.4) is 0 Å². The molecule has 0 unspecified atom stereocenters. The molecule has 0 saturated carbocycles. The van der Waals surface area contributed by atoms with Gasteiger partial charge in [-0.15, -0.1) is 11.8 Å². The van der Waals surface area contributed by atoms with Gasteiger partial charge in [0.25, 0.3) is 0 Å². The van der Waals surface area contributed by atoms with Gasteiger partial charge >= 0.3 is 11.9 Å². The molecule has 0 aromatic heterocycles. The maximum absolute atomic E-state index is 12.2. The molecule has 2 rings (SSSR count). The van der Waals surface area contributed by atoms with Gasteiger partial charge < -0.3 is 14.2 Å². The average molecular weight is 400 g/mol. The number of esters is 2. The largest absolute Gasteiger partial charge is 0.493 e. The maximum Gasteiger partial charge on any atom is 0.330 e. The maximum atomic E-state index is 12.2. The summed E-state index contributed by atoms with van der Waals surface area (Å²) in [5.74, 6) is 0.619. The van der Waals surface area contributed by atoms with E-state index in [4.69, 9.17) is 9.47 Å². The summed E-state index contributed by atoms with van der Waals surface area (Å²) in [6.07, 6.45) is 3.19. The number of carbonyl (C=O) groups excluding carboxylic acids is 2. The first-order chi connectivity index (χ1) is 13.4. The van der Waals surface area contributed by atoms with E-state index in [1.807, 2.05) is 0 Å². The van der Waals surface area contributed by atoms with Crippen LogP contribution in [0.2, 0.25) is 0 Å². The first kappa shape index (κ1) is 21.6. The van der Waals surface area contributed by atoms with Crippen molar-refractivity contribution >= 4 is 29.8 Å². The van der Waals surface area contributed by atoms with Crippen molar-refractivity contribution in [3.05, 3.63) is 59.2 Å². The van der Waals surface area contributed by atoms with Crippen LogP contribution in [-0.4, -0.2) is 31.9 Å². The molecule has 2 aromatic carbocycles. The topological polar surface area (TPSA) is 61.8 Å². The minimum Gasteiger partial charge on any atom is -0.493 e. The lowest BCUT2D eigenvalue weighted by Gasteiger charge is -2.10. The third-order valence-corrected chi connectivity index (χ3v) is 5.07. The summed E-state index contributed by atoms with van der Waals surface area (Å²) in [5.41, 5.74) is 3.21. The molecule has 0 N–H and O–H groups in total. The molecule has 0 aliphatic carbocycles. The van der Waals surface area contributed by atoms with E-state index in [2.05, 4.69) is 36.8 Å². The Kier molecular flexibility index (Phi) is 8.14. The second kappa shape index (κ2) is 10.6. The number of rotatable bonds is 8. The van der Waals surface area contributed by atoms with E-state index < -0.39 is 5.97 Å². The number of ether oxygens (including phenoxy) is 3. The molecular weight excluding hydrogens is 376 g/mol. The van der Waals surface area contributed by atoms with Crippen LogP contribution in [0.15, 0.2) is 47.4 Å². The first-order valence-electron chi connectivity index (χ1n) is 8.77. The second-order valence-electron chi connectivity index (χ2n) is 6.09. The van der Waals surface area contributed by atoms with Crippen LogP contribution in [0.1, 0.15) is 23.1 Å². The van der Waals surface area contributed by atoms with Crippen LogP contribution in [0, 0.1) is 13.8 Å². The van der Waals surface area contributed by atoms with E-state index in [1.54, 1.807) is 36.0 Å². The van der Waals surface area contributed by atoms with E-state index in [-0.39, 0.29) is 12.4 Å². The van der Waals surface area contributed by atoms with Gasteiger partial charge in [0.2, 0.25) is 0 Å². The molecule has 0 amide bonds. The van der Waals surface area contributed by atoms with Gasteiger partial charge in [-0.25, -0.2) is 4.79 Å². The fourth-order valence-corrected chi connectivity index (χ4v) is 3.26. The molecule has 6 heteroatoms. The van der Waals surface area contributed by atoms with Crippen molar-refractivity contribution < 1.29 is 23.8 Å². The molecule has 0 atom stereocenters. The van der Waals surface area contributed by atoms with E-state index in [0.717, 1.165) is 10.5 Å². The molecule has 148 valence electrons. The Labute approximate surface area is 169 Å². The molecule has 5 nitrogen and oxygen atoms in total. The summed E-state index contributed by atoms with van der Waals surface area (Å²) < 4.78 is 15.3. The SMILES string of the molecule is COC(=O)/C=C/c1ccc(OC(=O)CCSc2ccc(C)c(C)c2)c(OC)c1. The fraction of sp³-hybridized carbons (Fsp3) is 0.273. The molecule has 0 spiro atoms. The van der Waals surface area contributed by atoms with Crippen molar-refractivity contribution in [3.8, 4) is 11.5 Å². The lowest BCUT2D eigenvalue weighted by atomic mass is 10.1. The summed E-state index contributed by atoms with van der Waals surface area (Å²) in [4.78, 5) is 24.5. The number of methoxy groups -OCH3 is 2. The molecule has 28 heavy (non-hydrogen) atoms. The van der Waals surface area contributed by atoms with Crippen molar-refractivity contribution in [1.82, 2.24) is 0 Å². The van der Waals surface area contributed by atoms with Gasteiger partial charge in [-0.3, -0.25) is 4.79 Å². The Morgan fingerprint density at radius 1 is 1.00 bits per heavy atom. The van der Waals surface area contributed by atoms with Gasteiger partial charge in [0, 0.05) is 16.7 Å². The highest BCUT2D eigenvalue weighted by Gasteiger charge is 2.11. The molecule has 0 aliphatic heterocycles. The number of aryl methyl sites for hydroxylation is 2. The van der Waals surface area contributed by atoms with Crippen molar-refractivity contribution in [2.75, 3.05) is 20.0 Å². The van der Waals surface area contributed by atoms with Gasteiger partial charge in [-0.1, -0.05) is 12.1 Å². The van der Waals surface area contributed by atoms with Gasteiger partial charge in [-0.2, -0.15) is 0 Å². The van der Waals surface area contributed by atoms with Gasteiger partial charge in [0.15, 0.2) is 11.5 Å². The van der Waals surface area contributed by atoms with E-state index >= 15 is 0 Å².